The molecule has 0 aromatic heterocycles. The molecular formula is C18H29NO2. The third-order valence-corrected chi connectivity index (χ3v) is 6.62. The minimum atomic E-state index is -0.0679. The van der Waals surface area contributed by atoms with Crippen LogP contribution in [0.15, 0.2) is 0 Å². The Hall–Kier alpha value is -0.570. The van der Waals surface area contributed by atoms with Gasteiger partial charge in [-0.15, -0.1) is 0 Å². The van der Waals surface area contributed by atoms with Gasteiger partial charge in [-0.05, 0) is 68.1 Å². The number of carbonyl (C=O) groups is 1. The first-order valence-electron chi connectivity index (χ1n) is 8.81. The predicted molar refractivity (Wildman–Crippen MR) is 81.8 cm³/mol. The Morgan fingerprint density at radius 1 is 1.14 bits per heavy atom. The zero-order chi connectivity index (χ0) is 14.7. The Kier molecular flexibility index (Phi) is 2.99. The average molecular weight is 291 g/mol. The van der Waals surface area contributed by atoms with Gasteiger partial charge in [-0.1, -0.05) is 13.8 Å². The molecule has 5 aliphatic rings. The first-order chi connectivity index (χ1) is 9.91. The lowest BCUT2D eigenvalue weighted by atomic mass is 9.40. The van der Waals surface area contributed by atoms with E-state index in [0.717, 1.165) is 51.2 Å². The maximum atomic E-state index is 13.0. The zero-order valence-corrected chi connectivity index (χ0v) is 13.5. The molecule has 1 N–H and O–H groups in total. The first-order valence-corrected chi connectivity index (χ1v) is 8.81. The third-order valence-electron chi connectivity index (χ3n) is 6.62. The molecule has 0 aromatic carbocycles. The van der Waals surface area contributed by atoms with Gasteiger partial charge in [0.15, 0.2) is 0 Å². The SMILES string of the molecule is C[C@]12CC3CC(C(=O)NC[C@H]4CCCO4)(C1)C[C@@](C)(C3)C2. The van der Waals surface area contributed by atoms with Crippen molar-refractivity contribution in [1.82, 2.24) is 5.32 Å². The van der Waals surface area contributed by atoms with Crippen LogP contribution in [0.2, 0.25) is 0 Å². The summed E-state index contributed by atoms with van der Waals surface area (Å²) in [5.41, 5.74) is 0.756. The lowest BCUT2D eigenvalue weighted by Crippen LogP contribution is -2.60. The van der Waals surface area contributed by atoms with Gasteiger partial charge in [-0.25, -0.2) is 0 Å². The molecule has 3 nitrogen and oxygen atoms in total. The van der Waals surface area contributed by atoms with Crippen LogP contribution in [-0.4, -0.2) is 25.2 Å². The van der Waals surface area contributed by atoms with Crippen molar-refractivity contribution in [1.29, 1.82) is 0 Å². The lowest BCUT2D eigenvalue weighted by molar-refractivity contribution is -0.170. The van der Waals surface area contributed by atoms with E-state index in [2.05, 4.69) is 19.2 Å². The first kappa shape index (κ1) is 14.0. The van der Waals surface area contributed by atoms with E-state index < -0.39 is 0 Å². The monoisotopic (exact) mass is 291 g/mol. The summed E-state index contributed by atoms with van der Waals surface area (Å²) in [6.07, 6.45) is 9.90. The van der Waals surface area contributed by atoms with Crippen molar-refractivity contribution >= 4 is 5.91 Å². The van der Waals surface area contributed by atoms with Crippen LogP contribution in [0.1, 0.15) is 65.2 Å². The highest BCUT2D eigenvalue weighted by Gasteiger charge is 2.62. The Morgan fingerprint density at radius 2 is 1.86 bits per heavy atom. The van der Waals surface area contributed by atoms with Crippen LogP contribution in [0.5, 0.6) is 0 Å². The van der Waals surface area contributed by atoms with Crippen LogP contribution in [-0.2, 0) is 9.53 Å². The second-order valence-electron chi connectivity index (χ2n) is 9.26. The Bertz CT molecular complexity index is 436. The van der Waals surface area contributed by atoms with E-state index in [9.17, 15) is 4.79 Å². The number of carbonyl (C=O) groups excluding carboxylic acids is 1. The molecule has 4 bridgehead atoms. The van der Waals surface area contributed by atoms with Crippen LogP contribution in [0.4, 0.5) is 0 Å². The number of hydrogen-bond donors (Lipinski definition) is 1. The van der Waals surface area contributed by atoms with E-state index >= 15 is 0 Å². The van der Waals surface area contributed by atoms with E-state index in [0.29, 0.717) is 16.7 Å². The van der Waals surface area contributed by atoms with Crippen molar-refractivity contribution < 1.29 is 9.53 Å². The van der Waals surface area contributed by atoms with Crippen molar-refractivity contribution in [3.05, 3.63) is 0 Å². The summed E-state index contributed by atoms with van der Waals surface area (Å²) in [5.74, 6) is 1.12. The van der Waals surface area contributed by atoms with Crippen molar-refractivity contribution in [2.45, 2.75) is 71.3 Å². The van der Waals surface area contributed by atoms with Gasteiger partial charge in [0.1, 0.15) is 0 Å². The maximum absolute atomic E-state index is 13.0. The fourth-order valence-electron chi connectivity index (χ4n) is 6.90. The minimum Gasteiger partial charge on any atom is -0.376 e. The predicted octanol–water partition coefficient (Wildman–Crippen LogP) is 3.28. The topological polar surface area (TPSA) is 38.3 Å². The molecular weight excluding hydrogens is 262 g/mol. The highest BCUT2D eigenvalue weighted by molar-refractivity contribution is 5.83. The standard InChI is InChI=1S/C18H29NO2/c1-16-6-13-7-17(2,10-16)12-18(8-13,11-16)15(20)19-9-14-4-3-5-21-14/h13-14H,3-12H2,1-2H3,(H,19,20)/t13?,14-,16-,17+,18?/m1/s1. The maximum Gasteiger partial charge on any atom is 0.226 e. The largest absolute Gasteiger partial charge is 0.376 e. The van der Waals surface area contributed by atoms with Crippen molar-refractivity contribution in [3.8, 4) is 0 Å². The van der Waals surface area contributed by atoms with E-state index in [4.69, 9.17) is 4.74 Å². The van der Waals surface area contributed by atoms with Gasteiger partial charge in [0, 0.05) is 13.2 Å². The molecule has 3 heteroatoms. The number of amides is 1. The van der Waals surface area contributed by atoms with Crippen LogP contribution >= 0.6 is 0 Å². The number of ether oxygens (including phenoxy) is 1. The third kappa shape index (κ3) is 2.32. The molecule has 21 heavy (non-hydrogen) atoms. The molecule has 5 atom stereocenters. The van der Waals surface area contributed by atoms with E-state index in [1.807, 2.05) is 0 Å². The smallest absolute Gasteiger partial charge is 0.226 e. The Labute approximate surface area is 128 Å². The van der Waals surface area contributed by atoms with Gasteiger partial charge in [-0.2, -0.15) is 0 Å². The highest BCUT2D eigenvalue weighted by atomic mass is 16.5. The van der Waals surface area contributed by atoms with Gasteiger partial charge in [-0.3, -0.25) is 4.79 Å². The summed E-state index contributed by atoms with van der Waals surface area (Å²) in [4.78, 5) is 13.0. The van der Waals surface area contributed by atoms with Crippen LogP contribution in [0.25, 0.3) is 0 Å². The van der Waals surface area contributed by atoms with Gasteiger partial charge >= 0.3 is 0 Å². The van der Waals surface area contributed by atoms with Gasteiger partial charge in [0.2, 0.25) is 5.91 Å². The van der Waals surface area contributed by atoms with E-state index in [-0.39, 0.29) is 11.5 Å². The summed E-state index contributed by atoms with van der Waals surface area (Å²) < 4.78 is 5.65. The van der Waals surface area contributed by atoms with Crippen LogP contribution < -0.4 is 5.32 Å². The summed E-state index contributed by atoms with van der Waals surface area (Å²) >= 11 is 0. The van der Waals surface area contributed by atoms with Crippen LogP contribution in [0.3, 0.4) is 0 Å². The van der Waals surface area contributed by atoms with Crippen molar-refractivity contribution in [2.75, 3.05) is 13.2 Å². The van der Waals surface area contributed by atoms with Gasteiger partial charge in [0.25, 0.3) is 0 Å². The molecule has 1 amide bonds. The van der Waals surface area contributed by atoms with E-state index in [1.165, 1.54) is 19.3 Å². The normalized spacial score (nSPS) is 51.3. The summed E-state index contributed by atoms with van der Waals surface area (Å²) in [6.45, 7) is 6.44. The second kappa shape index (κ2) is 4.47. The quantitative estimate of drug-likeness (QED) is 0.866. The molecule has 1 heterocycles. The molecule has 5 fully saturated rings. The lowest BCUT2D eigenvalue weighted by Gasteiger charge is -2.64. The average Bonchev–Trinajstić information content (AvgIpc) is 2.84. The second-order valence-corrected chi connectivity index (χ2v) is 9.26. The Balaban J connectivity index is 1.49. The number of nitrogens with one attached hydrogen (secondary N) is 1. The molecule has 1 saturated heterocycles. The Morgan fingerprint density at radius 3 is 2.43 bits per heavy atom. The number of rotatable bonds is 3. The molecule has 5 rings (SSSR count). The molecule has 4 aliphatic carbocycles. The van der Waals surface area contributed by atoms with Gasteiger partial charge in [0.05, 0.1) is 11.5 Å². The van der Waals surface area contributed by atoms with Crippen molar-refractivity contribution in [3.63, 3.8) is 0 Å². The van der Waals surface area contributed by atoms with Crippen molar-refractivity contribution in [2.24, 2.45) is 22.2 Å². The molecule has 4 saturated carbocycles. The number of hydrogen-bond acceptors (Lipinski definition) is 2. The molecule has 2 unspecified atom stereocenters. The summed E-state index contributed by atoms with van der Waals surface area (Å²) in [7, 11) is 0. The molecule has 0 radical (unpaired) electrons. The van der Waals surface area contributed by atoms with Gasteiger partial charge < -0.3 is 10.1 Å². The molecule has 118 valence electrons. The molecule has 1 aliphatic heterocycles. The molecule has 0 aromatic rings. The van der Waals surface area contributed by atoms with Crippen LogP contribution in [0, 0.1) is 22.2 Å². The summed E-state index contributed by atoms with van der Waals surface area (Å²) in [5, 5.41) is 3.25. The minimum absolute atomic E-state index is 0.0679. The molecule has 0 spiro atoms. The fraction of sp³-hybridized carbons (Fsp3) is 0.944. The highest BCUT2D eigenvalue weighted by Crippen LogP contribution is 2.69. The zero-order valence-electron chi connectivity index (χ0n) is 13.5. The fourth-order valence-corrected chi connectivity index (χ4v) is 6.90. The van der Waals surface area contributed by atoms with E-state index in [1.54, 1.807) is 0 Å². The summed E-state index contributed by atoms with van der Waals surface area (Å²) in [6, 6.07) is 0.